The number of aromatic hydroxyl groups is 1. The lowest BCUT2D eigenvalue weighted by Crippen LogP contribution is -2.23. The molecular formula is C26H37NO3. The molecule has 0 bridgehead atoms. The number of nitrogens with one attached hydrogen (secondary N) is 1. The average Bonchev–Trinajstić information content (AvgIpc) is 2.73. The summed E-state index contributed by atoms with van der Waals surface area (Å²) in [5.74, 6) is 0.112. The highest BCUT2D eigenvalue weighted by atomic mass is 16.5. The molecule has 0 aliphatic heterocycles. The molecule has 4 heteroatoms. The monoisotopic (exact) mass is 411 g/mol. The molecule has 1 amide bonds. The van der Waals surface area contributed by atoms with Crippen LogP contribution in [0.4, 0.5) is 10.5 Å². The van der Waals surface area contributed by atoms with E-state index in [-0.39, 0.29) is 11.2 Å². The van der Waals surface area contributed by atoms with Crippen molar-refractivity contribution < 1.29 is 14.6 Å². The Morgan fingerprint density at radius 3 is 2.23 bits per heavy atom. The molecule has 0 fully saturated rings. The minimum atomic E-state index is -0.478. The fourth-order valence-corrected chi connectivity index (χ4v) is 3.74. The highest BCUT2D eigenvalue weighted by molar-refractivity contribution is 5.86. The maximum absolute atomic E-state index is 12.3. The predicted molar refractivity (Wildman–Crippen MR) is 124 cm³/mol. The molecule has 0 aliphatic rings. The Hall–Kier alpha value is -2.49. The number of benzene rings is 2. The second kappa shape index (κ2) is 12.3. The summed E-state index contributed by atoms with van der Waals surface area (Å²) in [6, 6.07) is 15.2. The summed E-state index contributed by atoms with van der Waals surface area (Å²) in [6.45, 7) is 6.85. The predicted octanol–water partition coefficient (Wildman–Crippen LogP) is 7.41. The van der Waals surface area contributed by atoms with Crippen molar-refractivity contribution in [2.24, 2.45) is 0 Å². The number of phenols is 1. The molecule has 0 atom stereocenters. The third-order valence-corrected chi connectivity index (χ3v) is 5.64. The summed E-state index contributed by atoms with van der Waals surface area (Å²) >= 11 is 0. The molecule has 0 heterocycles. The molecule has 2 aromatic carbocycles. The smallest absolute Gasteiger partial charge is 0.411 e. The first-order valence-corrected chi connectivity index (χ1v) is 11.3. The van der Waals surface area contributed by atoms with E-state index in [4.69, 9.17) is 4.74 Å². The number of anilines is 1. The Balaban J connectivity index is 1.87. The van der Waals surface area contributed by atoms with Crippen LogP contribution in [-0.2, 0) is 10.2 Å². The fraction of sp³-hybridized carbons (Fsp3) is 0.500. The lowest BCUT2D eigenvalue weighted by atomic mass is 9.77. The van der Waals surface area contributed by atoms with Crippen LogP contribution in [0.2, 0.25) is 0 Å². The fourth-order valence-electron chi connectivity index (χ4n) is 3.74. The van der Waals surface area contributed by atoms with Gasteiger partial charge in [0, 0.05) is 11.5 Å². The molecule has 4 nitrogen and oxygen atoms in total. The number of ether oxygens (including phenoxy) is 1. The third kappa shape index (κ3) is 7.40. The number of rotatable bonds is 12. The zero-order valence-corrected chi connectivity index (χ0v) is 18.7. The van der Waals surface area contributed by atoms with Gasteiger partial charge in [0.25, 0.3) is 0 Å². The average molecular weight is 412 g/mol. The molecule has 0 aliphatic carbocycles. The van der Waals surface area contributed by atoms with Crippen LogP contribution in [0.1, 0.15) is 83.3 Å². The Labute approximate surface area is 181 Å². The Morgan fingerprint density at radius 1 is 0.933 bits per heavy atom. The van der Waals surface area contributed by atoms with Gasteiger partial charge in [0.1, 0.15) is 5.75 Å². The molecule has 0 saturated carbocycles. The number of carbonyl (C=O) groups is 1. The molecule has 0 aromatic heterocycles. The van der Waals surface area contributed by atoms with Gasteiger partial charge in [-0.25, -0.2) is 4.79 Å². The molecule has 30 heavy (non-hydrogen) atoms. The number of unbranched alkanes of at least 4 members (excludes halogenated alkanes) is 7. The van der Waals surface area contributed by atoms with E-state index in [9.17, 15) is 9.90 Å². The first kappa shape index (κ1) is 23.8. The van der Waals surface area contributed by atoms with Crippen LogP contribution in [0, 0.1) is 0 Å². The van der Waals surface area contributed by atoms with Gasteiger partial charge in [0.2, 0.25) is 0 Å². The first-order chi connectivity index (χ1) is 14.4. The number of amides is 1. The topological polar surface area (TPSA) is 58.6 Å². The number of phenolic OH excluding ortho intramolecular Hbond substituents is 1. The van der Waals surface area contributed by atoms with E-state index in [1.165, 1.54) is 38.5 Å². The van der Waals surface area contributed by atoms with Crippen LogP contribution >= 0.6 is 0 Å². The van der Waals surface area contributed by atoms with Gasteiger partial charge in [-0.1, -0.05) is 102 Å². The number of hydrogen-bond acceptors (Lipinski definition) is 3. The van der Waals surface area contributed by atoms with Gasteiger partial charge in [0.15, 0.2) is 0 Å². The van der Waals surface area contributed by atoms with Crippen LogP contribution in [0.15, 0.2) is 48.5 Å². The van der Waals surface area contributed by atoms with E-state index in [0.29, 0.717) is 12.3 Å². The maximum Gasteiger partial charge on any atom is 0.411 e. The minimum Gasteiger partial charge on any atom is -0.508 e. The summed E-state index contributed by atoms with van der Waals surface area (Å²) in [6.07, 6.45) is 9.14. The van der Waals surface area contributed by atoms with Crippen LogP contribution in [0.25, 0.3) is 0 Å². The summed E-state index contributed by atoms with van der Waals surface area (Å²) < 4.78 is 5.37. The molecular weight excluding hydrogens is 374 g/mol. The van der Waals surface area contributed by atoms with Crippen molar-refractivity contribution in [3.8, 4) is 5.75 Å². The van der Waals surface area contributed by atoms with Crippen molar-refractivity contribution in [3.63, 3.8) is 0 Å². The van der Waals surface area contributed by atoms with Crippen molar-refractivity contribution in [2.45, 2.75) is 77.6 Å². The number of carbonyl (C=O) groups excluding carboxylic acids is 1. The Morgan fingerprint density at radius 2 is 1.57 bits per heavy atom. The third-order valence-electron chi connectivity index (χ3n) is 5.64. The molecule has 0 spiro atoms. The van der Waals surface area contributed by atoms with E-state index >= 15 is 0 Å². The lowest BCUT2D eigenvalue weighted by molar-refractivity contribution is 0.159. The van der Waals surface area contributed by atoms with Crippen molar-refractivity contribution >= 4 is 11.8 Å². The highest BCUT2D eigenvalue weighted by Crippen LogP contribution is 2.37. The van der Waals surface area contributed by atoms with Gasteiger partial charge in [-0.15, -0.1) is 0 Å². The second-order valence-corrected chi connectivity index (χ2v) is 8.46. The van der Waals surface area contributed by atoms with Crippen molar-refractivity contribution in [1.82, 2.24) is 0 Å². The van der Waals surface area contributed by atoms with Crippen molar-refractivity contribution in [2.75, 3.05) is 11.9 Å². The van der Waals surface area contributed by atoms with Gasteiger partial charge in [-0.05, 0) is 23.6 Å². The maximum atomic E-state index is 12.3. The largest absolute Gasteiger partial charge is 0.508 e. The van der Waals surface area contributed by atoms with E-state index in [1.54, 1.807) is 12.1 Å². The van der Waals surface area contributed by atoms with Crippen LogP contribution in [0.3, 0.4) is 0 Å². The first-order valence-electron chi connectivity index (χ1n) is 11.3. The molecule has 0 saturated heterocycles. The molecule has 0 radical (unpaired) electrons. The quantitative estimate of drug-likeness (QED) is 0.358. The van der Waals surface area contributed by atoms with E-state index in [0.717, 1.165) is 24.0 Å². The summed E-state index contributed by atoms with van der Waals surface area (Å²) in [5, 5.41) is 12.8. The minimum absolute atomic E-state index is 0.112. The molecule has 164 valence electrons. The van der Waals surface area contributed by atoms with Crippen LogP contribution in [-0.4, -0.2) is 17.8 Å². The van der Waals surface area contributed by atoms with Gasteiger partial charge < -0.3 is 9.84 Å². The van der Waals surface area contributed by atoms with Gasteiger partial charge in [-0.2, -0.15) is 0 Å². The van der Waals surface area contributed by atoms with Crippen molar-refractivity contribution in [1.29, 1.82) is 0 Å². The SMILES string of the molecule is CCCCCCCCCCOC(=O)Nc1cc(O)ccc1C(C)(C)c1ccccc1. The Kier molecular flexibility index (Phi) is 9.72. The molecule has 2 N–H and O–H groups in total. The van der Waals surface area contributed by atoms with E-state index < -0.39 is 6.09 Å². The molecule has 2 aromatic rings. The van der Waals surface area contributed by atoms with E-state index in [1.807, 2.05) is 24.3 Å². The van der Waals surface area contributed by atoms with Crippen LogP contribution < -0.4 is 5.32 Å². The zero-order chi connectivity index (χ0) is 21.8. The second-order valence-electron chi connectivity index (χ2n) is 8.46. The highest BCUT2D eigenvalue weighted by Gasteiger charge is 2.26. The normalized spacial score (nSPS) is 11.3. The molecule has 2 rings (SSSR count). The van der Waals surface area contributed by atoms with Gasteiger partial charge in [0.05, 0.1) is 12.3 Å². The number of hydrogen-bond donors (Lipinski definition) is 2. The molecule has 0 unspecified atom stereocenters. The summed E-state index contributed by atoms with van der Waals surface area (Å²) in [7, 11) is 0. The van der Waals surface area contributed by atoms with Crippen molar-refractivity contribution in [3.05, 3.63) is 59.7 Å². The van der Waals surface area contributed by atoms with Gasteiger partial charge >= 0.3 is 6.09 Å². The summed E-state index contributed by atoms with van der Waals surface area (Å²) in [5.41, 5.74) is 2.29. The lowest BCUT2D eigenvalue weighted by Gasteiger charge is -2.28. The van der Waals surface area contributed by atoms with Crippen LogP contribution in [0.5, 0.6) is 5.75 Å². The van der Waals surface area contributed by atoms with E-state index in [2.05, 4.69) is 38.2 Å². The van der Waals surface area contributed by atoms with Gasteiger partial charge in [-0.3, -0.25) is 5.32 Å². The zero-order valence-electron chi connectivity index (χ0n) is 18.7. The standard InChI is InChI=1S/C26H37NO3/c1-4-5-6-7-8-9-10-14-19-30-25(29)27-24-20-22(28)17-18-23(24)26(2,3)21-15-12-11-13-16-21/h11-13,15-18,20,28H,4-10,14,19H2,1-3H3,(H,27,29). The Bertz CT molecular complexity index is 771. The summed E-state index contributed by atoms with van der Waals surface area (Å²) in [4.78, 5) is 12.3.